The van der Waals surface area contributed by atoms with E-state index in [-0.39, 0.29) is 41.0 Å². The number of β-lactam (4-membered cyclic amide) rings is 1. The lowest BCUT2D eigenvalue weighted by molar-refractivity contribution is -0.153. The van der Waals surface area contributed by atoms with Crippen molar-refractivity contribution >= 4 is 18.0 Å². The quantitative estimate of drug-likeness (QED) is 0.448. The van der Waals surface area contributed by atoms with Crippen molar-refractivity contribution in [2.45, 2.75) is 24.6 Å². The zero-order valence-corrected chi connectivity index (χ0v) is 12.2. The van der Waals surface area contributed by atoms with Crippen LogP contribution in [0.4, 0.5) is 4.79 Å². The first-order valence-corrected chi connectivity index (χ1v) is 7.21. The molecule has 0 radical (unpaired) electrons. The highest BCUT2D eigenvalue weighted by Gasteiger charge is 2.60. The summed E-state index contributed by atoms with van der Waals surface area (Å²) in [7, 11) is 0. The fourth-order valence-electron chi connectivity index (χ4n) is 3.73. The second kappa shape index (κ2) is 4.99. The summed E-state index contributed by atoms with van der Waals surface area (Å²) in [6.07, 6.45) is -2.02. The van der Waals surface area contributed by atoms with Gasteiger partial charge >= 0.3 is 12.1 Å². The molecule has 24 heavy (non-hydrogen) atoms. The van der Waals surface area contributed by atoms with Crippen LogP contribution in [0.5, 0.6) is 0 Å². The van der Waals surface area contributed by atoms with Crippen LogP contribution in [0.1, 0.15) is 18.3 Å². The van der Waals surface area contributed by atoms with Crippen LogP contribution in [-0.4, -0.2) is 67.2 Å². The normalized spacial score (nSPS) is 29.1. The zero-order chi connectivity index (χ0) is 17.0. The highest BCUT2D eigenvalue weighted by atomic mass is 16.6. The number of ether oxygens (including phenoxy) is 1. The van der Waals surface area contributed by atoms with Gasteiger partial charge in [0.15, 0.2) is 6.10 Å². The van der Waals surface area contributed by atoms with Gasteiger partial charge in [0.05, 0.1) is 6.04 Å². The Morgan fingerprint density at radius 3 is 2.88 bits per heavy atom. The van der Waals surface area contributed by atoms with E-state index >= 15 is 0 Å². The number of aliphatic carboxylic acids is 1. The number of primary amides is 1. The molecule has 0 aliphatic carbocycles. The van der Waals surface area contributed by atoms with Gasteiger partial charge in [-0.2, -0.15) is 5.21 Å². The average molecular weight is 335 g/mol. The number of carbonyl (C=O) groups excluding carboxylic acids is 2. The maximum atomic E-state index is 12.2. The Hall–Kier alpha value is -3.02. The molecule has 5 N–H and O–H groups in total. The number of rotatable bonds is 4. The van der Waals surface area contributed by atoms with E-state index in [9.17, 15) is 19.5 Å². The maximum absolute atomic E-state index is 12.2. The molecule has 3 aliphatic heterocycles. The van der Waals surface area contributed by atoms with E-state index in [2.05, 4.69) is 25.9 Å². The number of aromatic nitrogens is 4. The summed E-state index contributed by atoms with van der Waals surface area (Å²) in [5.41, 5.74) is 5.11. The molecule has 126 valence electrons. The largest absolute Gasteiger partial charge is 0.477 e. The minimum atomic E-state index is -1.29. The first-order chi connectivity index (χ1) is 11.5. The molecule has 12 heteroatoms. The van der Waals surface area contributed by atoms with Crippen molar-refractivity contribution in [3.63, 3.8) is 0 Å². The summed E-state index contributed by atoms with van der Waals surface area (Å²) in [4.78, 5) is 36.5. The number of H-pyrrole nitrogens is 1. The van der Waals surface area contributed by atoms with Gasteiger partial charge < -0.3 is 20.9 Å². The molecule has 4 rings (SSSR count). The molecule has 2 amide bonds. The van der Waals surface area contributed by atoms with Crippen molar-refractivity contribution in [2.75, 3.05) is 6.54 Å². The third-order valence-corrected chi connectivity index (χ3v) is 4.60. The second-order valence-corrected chi connectivity index (χ2v) is 5.81. The number of amides is 2. The van der Waals surface area contributed by atoms with Crippen LogP contribution in [0.2, 0.25) is 0 Å². The lowest BCUT2D eigenvalue weighted by Gasteiger charge is -2.49. The van der Waals surface area contributed by atoms with E-state index in [4.69, 9.17) is 10.5 Å². The third kappa shape index (κ3) is 1.89. The second-order valence-electron chi connectivity index (χ2n) is 5.81. The van der Waals surface area contributed by atoms with Crippen LogP contribution in [-0.2, 0) is 14.3 Å². The fraction of sp³-hybridized carbons (Fsp3) is 0.500. The van der Waals surface area contributed by atoms with E-state index < -0.39 is 18.2 Å². The van der Waals surface area contributed by atoms with Crippen molar-refractivity contribution in [3.05, 3.63) is 17.1 Å². The number of carbonyl (C=O) groups is 3. The molecule has 0 spiro atoms. The molecule has 0 bridgehead atoms. The number of carboxylic acid groups (broad SMARTS) is 1. The number of hydrogen-bond acceptors (Lipinski definition) is 8. The predicted octanol–water partition coefficient (Wildman–Crippen LogP) is -2.12. The molecule has 0 saturated carbocycles. The number of nitrogens with zero attached hydrogens (tertiary/aromatic N) is 4. The first-order valence-electron chi connectivity index (χ1n) is 7.21. The van der Waals surface area contributed by atoms with E-state index in [1.54, 1.807) is 0 Å². The van der Waals surface area contributed by atoms with Crippen molar-refractivity contribution in [3.8, 4) is 0 Å². The highest BCUT2D eigenvalue weighted by Crippen LogP contribution is 2.46. The SMILES string of the molecule is NC(=O)OC(C1=C(C(=O)O)N2C(=O)[C@H]3NC[C@@H](C1)[C@H]32)c1nn[nH]n1. The van der Waals surface area contributed by atoms with Crippen molar-refractivity contribution in [1.29, 1.82) is 0 Å². The molecular formula is C12H13N7O5. The van der Waals surface area contributed by atoms with Crippen LogP contribution in [0, 0.1) is 5.92 Å². The van der Waals surface area contributed by atoms with E-state index in [1.807, 2.05) is 0 Å². The molecular weight excluding hydrogens is 322 g/mol. The summed E-state index contributed by atoms with van der Waals surface area (Å²) in [6, 6.07) is -0.557. The van der Waals surface area contributed by atoms with Gasteiger partial charge in [0, 0.05) is 12.1 Å². The first kappa shape index (κ1) is 14.6. The summed E-state index contributed by atoms with van der Waals surface area (Å²) in [5, 5.41) is 25.8. The Morgan fingerprint density at radius 1 is 1.46 bits per heavy atom. The molecule has 12 nitrogen and oxygen atoms in total. The van der Waals surface area contributed by atoms with Gasteiger partial charge in [-0.15, -0.1) is 10.2 Å². The number of aromatic amines is 1. The van der Waals surface area contributed by atoms with Crippen molar-refractivity contribution < 1.29 is 24.2 Å². The van der Waals surface area contributed by atoms with E-state index in [0.29, 0.717) is 13.0 Å². The van der Waals surface area contributed by atoms with Gasteiger partial charge in [-0.05, 0) is 12.3 Å². The van der Waals surface area contributed by atoms with Crippen LogP contribution >= 0.6 is 0 Å². The van der Waals surface area contributed by atoms with Crippen LogP contribution in [0.15, 0.2) is 11.3 Å². The average Bonchev–Trinajstić information content (AvgIpc) is 3.18. The Kier molecular flexibility index (Phi) is 3.03. The monoisotopic (exact) mass is 335 g/mol. The number of carboxylic acids is 1. The maximum Gasteiger partial charge on any atom is 0.405 e. The molecule has 1 unspecified atom stereocenters. The molecule has 0 aromatic carbocycles. The molecule has 4 heterocycles. The number of nitrogens with one attached hydrogen (secondary N) is 2. The van der Waals surface area contributed by atoms with Gasteiger partial charge in [0.25, 0.3) is 0 Å². The molecule has 3 aliphatic rings. The molecule has 1 aromatic heterocycles. The number of nitrogens with two attached hydrogens (primary N) is 1. The Morgan fingerprint density at radius 2 is 2.25 bits per heavy atom. The summed E-state index contributed by atoms with van der Waals surface area (Å²) in [5.74, 6) is -1.63. The minimum Gasteiger partial charge on any atom is -0.477 e. The van der Waals surface area contributed by atoms with Gasteiger partial charge in [-0.1, -0.05) is 5.21 Å². The van der Waals surface area contributed by atoms with Gasteiger partial charge in [-0.3, -0.25) is 9.69 Å². The topological polar surface area (TPSA) is 176 Å². The zero-order valence-electron chi connectivity index (χ0n) is 12.2. The molecule has 4 atom stereocenters. The smallest absolute Gasteiger partial charge is 0.405 e. The molecule has 1 aromatic rings. The Labute approximate surface area is 134 Å². The van der Waals surface area contributed by atoms with E-state index in [0.717, 1.165) is 0 Å². The fourth-order valence-corrected chi connectivity index (χ4v) is 3.73. The van der Waals surface area contributed by atoms with Crippen molar-refractivity contribution in [1.82, 2.24) is 30.8 Å². The number of hydrogen-bond donors (Lipinski definition) is 4. The molecule has 2 fully saturated rings. The third-order valence-electron chi connectivity index (χ3n) is 4.60. The predicted molar refractivity (Wildman–Crippen MR) is 72.8 cm³/mol. The summed E-state index contributed by atoms with van der Waals surface area (Å²) < 4.78 is 5.04. The van der Waals surface area contributed by atoms with E-state index in [1.165, 1.54) is 4.90 Å². The van der Waals surface area contributed by atoms with Gasteiger partial charge in [0.1, 0.15) is 11.7 Å². The van der Waals surface area contributed by atoms with Crippen LogP contribution in [0.3, 0.4) is 0 Å². The standard InChI is InChI=1S/C12H13N7O5/c13-12(23)24-8(9-15-17-18-16-9)4-1-3-2-14-5-6(3)19(10(5)20)7(4)11(21)22/h3,5-6,8,14H,1-2H2,(H2,13,23)(H,21,22)(H,15,16,17,18)/t3-,5+,6-,8?/m1/s1. The summed E-state index contributed by atoms with van der Waals surface area (Å²) >= 11 is 0. The molecule has 2 saturated heterocycles. The summed E-state index contributed by atoms with van der Waals surface area (Å²) in [6.45, 7) is 0.559. The minimum absolute atomic E-state index is 0.0108. The number of tetrazole rings is 1. The van der Waals surface area contributed by atoms with Gasteiger partial charge in [-0.25, -0.2) is 9.59 Å². The Balaban J connectivity index is 1.82. The highest BCUT2D eigenvalue weighted by molar-refractivity contribution is 6.00. The van der Waals surface area contributed by atoms with Crippen molar-refractivity contribution in [2.24, 2.45) is 11.7 Å². The lowest BCUT2D eigenvalue weighted by atomic mass is 9.78. The van der Waals surface area contributed by atoms with Crippen LogP contribution in [0.25, 0.3) is 0 Å². The van der Waals surface area contributed by atoms with Crippen LogP contribution < -0.4 is 11.1 Å². The van der Waals surface area contributed by atoms with Gasteiger partial charge in [0.2, 0.25) is 11.7 Å². The Bertz CT molecular complexity index is 760. The lowest BCUT2D eigenvalue weighted by Crippen LogP contribution is -2.68.